The van der Waals surface area contributed by atoms with Crippen LogP contribution in [0.25, 0.3) is 5.70 Å². The standard InChI is InChI=1S/C16H13BrN4O2S/c1-8-3-6-12(23-8)14-18-11-5-4-9(17)7-10(11)13-15(22)19-16(24-2)20-21(13)14/h3-7,14H,1-2H3,(H,19,20,22)/t14-/m0/s1. The van der Waals surface area contributed by atoms with Gasteiger partial charge in [-0.25, -0.2) is 10.0 Å². The number of rotatable bonds is 1. The minimum absolute atomic E-state index is 0.197. The number of amidine groups is 1. The van der Waals surface area contributed by atoms with E-state index in [9.17, 15) is 4.79 Å². The molecule has 122 valence electrons. The maximum absolute atomic E-state index is 12.7. The summed E-state index contributed by atoms with van der Waals surface area (Å²) in [6.07, 6.45) is 1.36. The van der Waals surface area contributed by atoms with Crippen LogP contribution in [-0.2, 0) is 4.79 Å². The molecule has 0 saturated carbocycles. The number of hydrogen-bond acceptors (Lipinski definition) is 6. The van der Waals surface area contributed by atoms with Gasteiger partial charge < -0.3 is 4.42 Å². The summed E-state index contributed by atoms with van der Waals surface area (Å²) in [5, 5.41) is 11.0. The predicted molar refractivity (Wildman–Crippen MR) is 95.4 cm³/mol. The summed E-state index contributed by atoms with van der Waals surface area (Å²) in [5.74, 6) is 1.24. The van der Waals surface area contributed by atoms with Gasteiger partial charge in [0.25, 0.3) is 5.91 Å². The lowest BCUT2D eigenvalue weighted by molar-refractivity contribution is -0.116. The van der Waals surface area contributed by atoms with E-state index in [2.05, 4.69) is 26.3 Å². The second-order valence-corrected chi connectivity index (χ2v) is 7.08. The van der Waals surface area contributed by atoms with Crippen molar-refractivity contribution in [3.05, 3.63) is 56.9 Å². The molecule has 0 radical (unpaired) electrons. The Morgan fingerprint density at radius 2 is 2.17 bits per heavy atom. The number of furan rings is 1. The first-order valence-electron chi connectivity index (χ1n) is 7.24. The molecular weight excluding hydrogens is 392 g/mol. The molecule has 1 N–H and O–H groups in total. The van der Waals surface area contributed by atoms with E-state index in [0.29, 0.717) is 16.6 Å². The fraction of sp³-hybridized carbons (Fsp3) is 0.188. The molecule has 2 aromatic rings. The highest BCUT2D eigenvalue weighted by Crippen LogP contribution is 2.31. The van der Waals surface area contributed by atoms with Crippen LogP contribution in [0.15, 0.2) is 49.3 Å². The number of hydrazone groups is 1. The van der Waals surface area contributed by atoms with Gasteiger partial charge in [0.15, 0.2) is 10.9 Å². The number of carbonyl (C=O) groups is 1. The maximum Gasteiger partial charge on any atom is 0.276 e. The predicted octanol–water partition coefficient (Wildman–Crippen LogP) is 1.86. The Labute approximate surface area is 150 Å². The van der Waals surface area contributed by atoms with E-state index in [1.165, 1.54) is 11.8 Å². The summed E-state index contributed by atoms with van der Waals surface area (Å²) >= 11 is 4.83. The van der Waals surface area contributed by atoms with Crippen molar-refractivity contribution >= 4 is 44.5 Å². The molecule has 1 aromatic heterocycles. The summed E-state index contributed by atoms with van der Waals surface area (Å²) in [4.78, 5) is 17.4. The minimum atomic E-state index is -0.504. The average Bonchev–Trinajstić information content (AvgIpc) is 2.99. The molecule has 1 amide bonds. The normalized spacial score (nSPS) is 19.2. The Kier molecular flexibility index (Phi) is 3.73. The second-order valence-electron chi connectivity index (χ2n) is 5.37. The molecule has 8 heteroatoms. The summed E-state index contributed by atoms with van der Waals surface area (Å²) in [5.41, 5.74) is 0.471. The number of nitrogens with zero attached hydrogens (tertiary/aromatic N) is 3. The molecular formula is C16H13BrN4O2S. The van der Waals surface area contributed by atoms with Gasteiger partial charge in [-0.3, -0.25) is 10.1 Å². The van der Waals surface area contributed by atoms with Gasteiger partial charge in [-0.2, -0.15) is 0 Å². The zero-order chi connectivity index (χ0) is 16.8. The molecule has 24 heavy (non-hydrogen) atoms. The van der Waals surface area contributed by atoms with Crippen molar-refractivity contribution < 1.29 is 9.21 Å². The molecule has 1 atom stereocenters. The summed E-state index contributed by atoms with van der Waals surface area (Å²) in [6.45, 7) is 1.88. The minimum Gasteiger partial charge on any atom is -0.462 e. The highest BCUT2D eigenvalue weighted by molar-refractivity contribution is 9.10. The van der Waals surface area contributed by atoms with E-state index in [4.69, 9.17) is 9.41 Å². The highest BCUT2D eigenvalue weighted by atomic mass is 79.9. The monoisotopic (exact) mass is 404 g/mol. The van der Waals surface area contributed by atoms with E-state index in [-0.39, 0.29) is 5.91 Å². The van der Waals surface area contributed by atoms with Gasteiger partial charge in [-0.05, 0) is 43.5 Å². The number of carbonyl (C=O) groups excluding carboxylic acids is 1. The van der Waals surface area contributed by atoms with Crippen molar-refractivity contribution in [1.29, 1.82) is 0 Å². The quantitative estimate of drug-likeness (QED) is 0.787. The van der Waals surface area contributed by atoms with Crippen LogP contribution in [0.5, 0.6) is 0 Å². The Hall–Kier alpha value is -2.06. The summed E-state index contributed by atoms with van der Waals surface area (Å²) in [6, 6.07) is 9.41. The van der Waals surface area contributed by atoms with E-state index >= 15 is 0 Å². The smallest absolute Gasteiger partial charge is 0.276 e. The van der Waals surface area contributed by atoms with E-state index in [1.54, 1.807) is 5.01 Å². The molecule has 2 aliphatic rings. The van der Waals surface area contributed by atoms with Gasteiger partial charge in [0.2, 0.25) is 6.17 Å². The number of halogens is 1. The van der Waals surface area contributed by atoms with E-state index in [0.717, 1.165) is 20.8 Å². The van der Waals surface area contributed by atoms with Gasteiger partial charge in [-0.15, -0.1) is 5.10 Å². The van der Waals surface area contributed by atoms with Crippen molar-refractivity contribution in [1.82, 2.24) is 10.3 Å². The average molecular weight is 405 g/mol. The zero-order valence-electron chi connectivity index (χ0n) is 12.9. The van der Waals surface area contributed by atoms with Gasteiger partial charge in [-0.1, -0.05) is 27.7 Å². The zero-order valence-corrected chi connectivity index (χ0v) is 15.3. The molecule has 4 rings (SSSR count). The summed E-state index contributed by atoms with van der Waals surface area (Å²) in [7, 11) is 0. The number of aryl methyl sites for hydroxylation is 1. The Morgan fingerprint density at radius 3 is 2.88 bits per heavy atom. The first kappa shape index (κ1) is 15.5. The van der Waals surface area contributed by atoms with E-state index in [1.807, 2.05) is 43.5 Å². The van der Waals surface area contributed by atoms with Crippen LogP contribution < -0.4 is 15.9 Å². The number of benzene rings is 1. The highest BCUT2D eigenvalue weighted by Gasteiger charge is 2.35. The van der Waals surface area contributed by atoms with Crippen LogP contribution in [0, 0.1) is 6.92 Å². The number of thioether (sulfide) groups is 1. The summed E-state index contributed by atoms with van der Waals surface area (Å²) < 4.78 is 6.63. The number of nitrogens with one attached hydrogen (secondary N) is 1. The molecule has 2 aliphatic heterocycles. The number of amides is 1. The molecule has 0 aliphatic carbocycles. The lowest BCUT2D eigenvalue weighted by Crippen LogP contribution is -2.50. The Balaban J connectivity index is 2.01. The fourth-order valence-corrected chi connectivity index (χ4v) is 3.45. The molecule has 0 fully saturated rings. The van der Waals surface area contributed by atoms with Crippen LogP contribution in [0.2, 0.25) is 0 Å². The Morgan fingerprint density at radius 1 is 1.33 bits per heavy atom. The van der Waals surface area contributed by atoms with Crippen molar-refractivity contribution in [3.8, 4) is 0 Å². The van der Waals surface area contributed by atoms with Crippen molar-refractivity contribution in [2.24, 2.45) is 10.1 Å². The van der Waals surface area contributed by atoms with Gasteiger partial charge in [0, 0.05) is 9.69 Å². The molecule has 0 unspecified atom stereocenters. The maximum atomic E-state index is 12.7. The largest absolute Gasteiger partial charge is 0.462 e. The molecule has 1 aromatic carbocycles. The van der Waals surface area contributed by atoms with Crippen molar-refractivity contribution in [2.75, 3.05) is 6.26 Å². The molecule has 0 spiro atoms. The third kappa shape index (κ3) is 2.46. The van der Waals surface area contributed by atoms with Crippen molar-refractivity contribution in [2.45, 2.75) is 13.1 Å². The van der Waals surface area contributed by atoms with Crippen LogP contribution in [0.4, 0.5) is 0 Å². The van der Waals surface area contributed by atoms with Crippen LogP contribution in [-0.4, -0.2) is 22.3 Å². The number of fused-ring (bicyclic) bond motifs is 2. The molecule has 0 saturated heterocycles. The van der Waals surface area contributed by atoms with Crippen LogP contribution in [0.1, 0.15) is 17.7 Å². The lowest BCUT2D eigenvalue weighted by Gasteiger charge is -2.32. The number of hydrogen-bond donors (Lipinski definition) is 1. The molecule has 0 bridgehead atoms. The Bertz CT molecular complexity index is 998. The topological polar surface area (TPSA) is 70.2 Å². The second kappa shape index (κ2) is 5.78. The van der Waals surface area contributed by atoms with Gasteiger partial charge >= 0.3 is 0 Å². The fourth-order valence-electron chi connectivity index (χ4n) is 2.72. The SMILES string of the molecule is CSC1=NN2C(=c3cc(Br)ccc3=N[C@@H]2c2ccc(C)o2)C(=O)N1. The lowest BCUT2D eigenvalue weighted by atomic mass is 10.1. The van der Waals surface area contributed by atoms with Crippen LogP contribution >= 0.6 is 27.7 Å². The van der Waals surface area contributed by atoms with Crippen LogP contribution in [0.3, 0.4) is 0 Å². The van der Waals surface area contributed by atoms with Gasteiger partial charge in [0.05, 0.1) is 5.36 Å². The third-order valence-electron chi connectivity index (χ3n) is 3.78. The molecule has 6 nitrogen and oxygen atoms in total. The first-order valence-corrected chi connectivity index (χ1v) is 9.26. The third-order valence-corrected chi connectivity index (χ3v) is 4.84. The molecule has 3 heterocycles. The van der Waals surface area contributed by atoms with E-state index < -0.39 is 6.17 Å². The van der Waals surface area contributed by atoms with Crippen molar-refractivity contribution in [3.63, 3.8) is 0 Å². The first-order chi connectivity index (χ1) is 11.6. The van der Waals surface area contributed by atoms with Gasteiger partial charge in [0.1, 0.15) is 11.5 Å².